The van der Waals surface area contributed by atoms with Gasteiger partial charge in [0.1, 0.15) is 6.61 Å². The van der Waals surface area contributed by atoms with E-state index < -0.39 is 0 Å². The fourth-order valence-corrected chi connectivity index (χ4v) is 2.19. The number of carbonyl (C=O) groups is 1. The van der Waals surface area contributed by atoms with Gasteiger partial charge in [0, 0.05) is 19.7 Å². The zero-order chi connectivity index (χ0) is 13.0. The van der Waals surface area contributed by atoms with Crippen LogP contribution in [-0.4, -0.2) is 35.9 Å². The number of nitrogens with zero attached hydrogens (tertiary/aromatic N) is 1. The summed E-state index contributed by atoms with van der Waals surface area (Å²) in [7, 11) is 1.55. The van der Waals surface area contributed by atoms with Crippen molar-refractivity contribution in [3.63, 3.8) is 0 Å². The van der Waals surface area contributed by atoms with Crippen LogP contribution in [0.15, 0.2) is 10.6 Å². The van der Waals surface area contributed by atoms with Crippen molar-refractivity contribution in [2.45, 2.75) is 32.0 Å². The topological polar surface area (TPSA) is 84.6 Å². The van der Waals surface area contributed by atoms with Crippen molar-refractivity contribution in [2.24, 2.45) is 5.92 Å². The molecule has 2 rings (SSSR count). The smallest absolute Gasteiger partial charge is 0.273 e. The molecule has 2 N–H and O–H groups in total. The summed E-state index contributed by atoms with van der Waals surface area (Å²) in [5.41, 5.74) is 0.264. The molecule has 0 aliphatic heterocycles. The van der Waals surface area contributed by atoms with Crippen molar-refractivity contribution in [1.29, 1.82) is 0 Å². The lowest BCUT2D eigenvalue weighted by Crippen LogP contribution is -2.28. The lowest BCUT2D eigenvalue weighted by atomic mass is 10.1. The standard InChI is InChI=1S/C12H18N2O4/c1-17-7-10-5-11(14-18-10)12(16)13-6-8-2-3-9(15)4-8/h5,8-9,15H,2-4,6-7H2,1H3,(H,13,16). The molecule has 1 aromatic rings. The first kappa shape index (κ1) is 13.0. The molecule has 0 spiro atoms. The van der Waals surface area contributed by atoms with E-state index in [1.165, 1.54) is 0 Å². The number of rotatable bonds is 5. The van der Waals surface area contributed by atoms with Crippen molar-refractivity contribution in [1.82, 2.24) is 10.5 Å². The van der Waals surface area contributed by atoms with Crippen LogP contribution in [0.3, 0.4) is 0 Å². The van der Waals surface area contributed by atoms with Gasteiger partial charge in [-0.05, 0) is 25.2 Å². The van der Waals surface area contributed by atoms with Gasteiger partial charge in [-0.15, -0.1) is 0 Å². The van der Waals surface area contributed by atoms with E-state index in [-0.39, 0.29) is 17.7 Å². The van der Waals surface area contributed by atoms with Crippen LogP contribution in [0.1, 0.15) is 35.5 Å². The highest BCUT2D eigenvalue weighted by molar-refractivity contribution is 5.92. The van der Waals surface area contributed by atoms with Crippen LogP contribution in [0, 0.1) is 5.92 Å². The Morgan fingerprint density at radius 3 is 3.17 bits per heavy atom. The molecule has 0 radical (unpaired) electrons. The van der Waals surface area contributed by atoms with Crippen LogP contribution >= 0.6 is 0 Å². The number of hydrogen-bond donors (Lipinski definition) is 2. The number of aliphatic hydroxyl groups excluding tert-OH is 1. The molecule has 1 saturated carbocycles. The molecule has 1 amide bonds. The van der Waals surface area contributed by atoms with Crippen LogP contribution in [0.5, 0.6) is 0 Å². The summed E-state index contributed by atoms with van der Waals surface area (Å²) in [5, 5.41) is 15.9. The number of hydrogen-bond acceptors (Lipinski definition) is 5. The molecule has 1 aliphatic rings. The van der Waals surface area contributed by atoms with Crippen LogP contribution in [0.4, 0.5) is 0 Å². The van der Waals surface area contributed by atoms with E-state index in [1.54, 1.807) is 13.2 Å². The van der Waals surface area contributed by atoms with Gasteiger partial charge in [-0.2, -0.15) is 0 Å². The van der Waals surface area contributed by atoms with E-state index in [4.69, 9.17) is 9.26 Å². The van der Waals surface area contributed by atoms with Gasteiger partial charge < -0.3 is 19.7 Å². The number of ether oxygens (including phenoxy) is 1. The molecule has 0 saturated heterocycles. The van der Waals surface area contributed by atoms with E-state index in [0.717, 1.165) is 19.3 Å². The second kappa shape index (κ2) is 5.97. The van der Waals surface area contributed by atoms with E-state index in [0.29, 0.717) is 24.8 Å². The molecule has 18 heavy (non-hydrogen) atoms. The van der Waals surface area contributed by atoms with Crippen LogP contribution in [0.2, 0.25) is 0 Å². The Morgan fingerprint density at radius 1 is 1.67 bits per heavy atom. The van der Waals surface area contributed by atoms with Crippen LogP contribution in [0.25, 0.3) is 0 Å². The monoisotopic (exact) mass is 254 g/mol. The zero-order valence-corrected chi connectivity index (χ0v) is 10.4. The Bertz CT molecular complexity index is 405. The Morgan fingerprint density at radius 2 is 2.50 bits per heavy atom. The predicted octanol–water partition coefficient (Wildman–Crippen LogP) is 0.712. The van der Waals surface area contributed by atoms with Crippen LogP contribution < -0.4 is 5.32 Å². The summed E-state index contributed by atoms with van der Waals surface area (Å²) < 4.78 is 9.82. The van der Waals surface area contributed by atoms with E-state index in [2.05, 4.69) is 10.5 Å². The van der Waals surface area contributed by atoms with Gasteiger partial charge in [0.15, 0.2) is 11.5 Å². The molecule has 6 nitrogen and oxygen atoms in total. The highest BCUT2D eigenvalue weighted by Crippen LogP contribution is 2.24. The Labute approximate surface area is 105 Å². The molecular weight excluding hydrogens is 236 g/mol. The van der Waals surface area contributed by atoms with E-state index >= 15 is 0 Å². The second-order valence-electron chi connectivity index (χ2n) is 4.65. The third-order valence-electron chi connectivity index (χ3n) is 3.14. The van der Waals surface area contributed by atoms with E-state index in [1.807, 2.05) is 0 Å². The minimum Gasteiger partial charge on any atom is -0.393 e. The number of nitrogens with one attached hydrogen (secondary N) is 1. The second-order valence-corrected chi connectivity index (χ2v) is 4.65. The van der Waals surface area contributed by atoms with Gasteiger partial charge in [0.2, 0.25) is 0 Å². The molecule has 6 heteroatoms. The summed E-state index contributed by atoms with van der Waals surface area (Å²) in [4.78, 5) is 11.8. The maximum atomic E-state index is 11.8. The number of aromatic nitrogens is 1. The average molecular weight is 254 g/mol. The fraction of sp³-hybridized carbons (Fsp3) is 0.667. The quantitative estimate of drug-likeness (QED) is 0.808. The van der Waals surface area contributed by atoms with Gasteiger partial charge >= 0.3 is 0 Å². The van der Waals surface area contributed by atoms with Crippen molar-refractivity contribution >= 4 is 5.91 Å². The minimum absolute atomic E-state index is 0.216. The molecule has 1 fully saturated rings. The number of aliphatic hydroxyl groups is 1. The third-order valence-corrected chi connectivity index (χ3v) is 3.14. The summed E-state index contributed by atoms with van der Waals surface area (Å²) in [6.45, 7) is 0.872. The van der Waals surface area contributed by atoms with Crippen molar-refractivity contribution < 1.29 is 19.2 Å². The molecular formula is C12H18N2O4. The first-order valence-electron chi connectivity index (χ1n) is 6.10. The first-order valence-corrected chi connectivity index (χ1v) is 6.10. The Balaban J connectivity index is 1.80. The third kappa shape index (κ3) is 3.30. The summed E-state index contributed by atoms with van der Waals surface area (Å²) in [5.74, 6) is 0.635. The lowest BCUT2D eigenvalue weighted by Gasteiger charge is -2.09. The molecule has 1 heterocycles. The summed E-state index contributed by atoms with van der Waals surface area (Å²) in [6.07, 6.45) is 2.32. The molecule has 2 atom stereocenters. The van der Waals surface area contributed by atoms with Gasteiger partial charge in [-0.3, -0.25) is 4.79 Å². The van der Waals surface area contributed by atoms with Crippen molar-refractivity contribution in [3.8, 4) is 0 Å². The summed E-state index contributed by atoms with van der Waals surface area (Å²) >= 11 is 0. The molecule has 2 unspecified atom stereocenters. The van der Waals surface area contributed by atoms with Crippen molar-refractivity contribution in [3.05, 3.63) is 17.5 Å². The highest BCUT2D eigenvalue weighted by atomic mass is 16.5. The normalized spacial score (nSPS) is 23.2. The highest BCUT2D eigenvalue weighted by Gasteiger charge is 2.23. The minimum atomic E-state index is -0.248. The first-order chi connectivity index (χ1) is 8.69. The molecule has 1 aromatic heterocycles. The number of amides is 1. The van der Waals surface area contributed by atoms with Crippen molar-refractivity contribution in [2.75, 3.05) is 13.7 Å². The number of carbonyl (C=O) groups excluding carboxylic acids is 1. The van der Waals surface area contributed by atoms with Crippen LogP contribution in [-0.2, 0) is 11.3 Å². The zero-order valence-electron chi connectivity index (χ0n) is 10.4. The van der Waals surface area contributed by atoms with Gasteiger partial charge in [-0.25, -0.2) is 0 Å². The van der Waals surface area contributed by atoms with Gasteiger partial charge in [0.05, 0.1) is 6.10 Å². The molecule has 0 aromatic carbocycles. The Kier molecular flexibility index (Phi) is 4.33. The summed E-state index contributed by atoms with van der Waals surface area (Å²) in [6, 6.07) is 1.57. The molecule has 0 bridgehead atoms. The maximum absolute atomic E-state index is 11.8. The lowest BCUT2D eigenvalue weighted by molar-refractivity contribution is 0.0935. The van der Waals surface area contributed by atoms with Gasteiger partial charge in [0.25, 0.3) is 5.91 Å². The molecule has 1 aliphatic carbocycles. The largest absolute Gasteiger partial charge is 0.393 e. The maximum Gasteiger partial charge on any atom is 0.273 e. The molecule has 100 valence electrons. The number of methoxy groups -OCH3 is 1. The Hall–Kier alpha value is -1.40. The van der Waals surface area contributed by atoms with Gasteiger partial charge in [-0.1, -0.05) is 5.16 Å². The average Bonchev–Trinajstić information content (AvgIpc) is 2.96. The predicted molar refractivity (Wildman–Crippen MR) is 62.9 cm³/mol. The fourth-order valence-electron chi connectivity index (χ4n) is 2.19. The van der Waals surface area contributed by atoms with E-state index in [9.17, 15) is 9.90 Å². The SMILES string of the molecule is COCc1cc(C(=O)NCC2CCC(O)C2)no1.